The maximum absolute atomic E-state index is 12.7. The fourth-order valence-corrected chi connectivity index (χ4v) is 3.05. The van der Waals surface area contributed by atoms with E-state index in [-0.39, 0.29) is 23.6 Å². The molecule has 0 radical (unpaired) electrons. The molecule has 0 atom stereocenters. The number of rotatable bonds is 7. The zero-order valence-electron chi connectivity index (χ0n) is 15.5. The van der Waals surface area contributed by atoms with Crippen LogP contribution in [0.3, 0.4) is 0 Å². The van der Waals surface area contributed by atoms with Crippen LogP contribution < -0.4 is 9.50 Å². The Morgan fingerprint density at radius 1 is 1.19 bits per heavy atom. The second kappa shape index (κ2) is 9.10. The molecule has 2 rings (SSSR count). The molecule has 8 heteroatoms. The molecular formula is C19H23ClN2O4S. The van der Waals surface area contributed by atoms with Gasteiger partial charge < -0.3 is 14.4 Å². The monoisotopic (exact) mass is 410 g/mol. The second-order valence-corrected chi connectivity index (χ2v) is 8.54. The lowest BCUT2D eigenvalue weighted by molar-refractivity contribution is 0.193. The first-order valence-corrected chi connectivity index (χ1v) is 10.5. The van der Waals surface area contributed by atoms with Crippen LogP contribution in [0, 0.1) is 0 Å². The van der Waals surface area contributed by atoms with Gasteiger partial charge in [-0.15, -0.1) is 0 Å². The van der Waals surface area contributed by atoms with Gasteiger partial charge in [-0.2, -0.15) is 8.42 Å². The SMILES string of the molecule is CCS(=O)(=O)Oc1cccc(CN(C(=O)Nc2cccc(Cl)c2)C(C)C)c1. The van der Waals surface area contributed by atoms with Crippen LogP contribution in [-0.2, 0) is 16.7 Å². The van der Waals surface area contributed by atoms with Crippen molar-refractivity contribution in [3.05, 3.63) is 59.1 Å². The van der Waals surface area contributed by atoms with Crippen molar-refractivity contribution in [3.63, 3.8) is 0 Å². The number of halogens is 1. The summed E-state index contributed by atoms with van der Waals surface area (Å²) in [5.41, 5.74) is 1.36. The van der Waals surface area contributed by atoms with Crippen molar-refractivity contribution in [1.29, 1.82) is 0 Å². The summed E-state index contributed by atoms with van der Waals surface area (Å²) >= 11 is 5.95. The Kier molecular flexibility index (Phi) is 7.10. The van der Waals surface area contributed by atoms with Gasteiger partial charge in [-0.3, -0.25) is 0 Å². The predicted octanol–water partition coefficient (Wildman–Crippen LogP) is 4.51. The normalized spacial score (nSPS) is 11.3. The highest BCUT2D eigenvalue weighted by Gasteiger charge is 2.18. The van der Waals surface area contributed by atoms with E-state index in [9.17, 15) is 13.2 Å². The van der Waals surface area contributed by atoms with Crippen molar-refractivity contribution in [2.45, 2.75) is 33.4 Å². The predicted molar refractivity (Wildman–Crippen MR) is 108 cm³/mol. The third-order valence-corrected chi connectivity index (χ3v) is 5.18. The van der Waals surface area contributed by atoms with Crippen molar-refractivity contribution in [2.75, 3.05) is 11.1 Å². The molecule has 0 spiro atoms. The Bertz CT molecular complexity index is 900. The quantitative estimate of drug-likeness (QED) is 0.681. The van der Waals surface area contributed by atoms with E-state index >= 15 is 0 Å². The Morgan fingerprint density at radius 2 is 1.89 bits per heavy atom. The highest BCUT2D eigenvalue weighted by atomic mass is 35.5. The summed E-state index contributed by atoms with van der Waals surface area (Å²) in [6.45, 7) is 5.62. The number of benzene rings is 2. The van der Waals surface area contributed by atoms with Crippen LogP contribution in [0.1, 0.15) is 26.3 Å². The standard InChI is InChI=1S/C19H23ClN2O4S/c1-4-27(24,25)26-18-10-5-7-15(11-18)13-22(14(2)3)19(23)21-17-9-6-8-16(20)12-17/h5-12,14H,4,13H2,1-3H3,(H,21,23). The van der Waals surface area contributed by atoms with Crippen LogP contribution in [0.25, 0.3) is 0 Å². The Balaban J connectivity index is 2.15. The molecule has 0 aliphatic carbocycles. The molecule has 0 heterocycles. The average Bonchev–Trinajstić information content (AvgIpc) is 2.59. The third kappa shape index (κ3) is 6.45. The van der Waals surface area contributed by atoms with Crippen LogP contribution in [0.5, 0.6) is 5.75 Å². The molecule has 146 valence electrons. The van der Waals surface area contributed by atoms with Gasteiger partial charge in [0.05, 0.1) is 5.75 Å². The summed E-state index contributed by atoms with van der Waals surface area (Å²) in [6.07, 6.45) is 0. The van der Waals surface area contributed by atoms with Gasteiger partial charge in [0.15, 0.2) is 0 Å². The molecule has 0 fully saturated rings. The fraction of sp³-hybridized carbons (Fsp3) is 0.316. The van der Waals surface area contributed by atoms with Gasteiger partial charge in [0.25, 0.3) is 0 Å². The molecule has 0 aliphatic heterocycles. The van der Waals surface area contributed by atoms with E-state index in [0.717, 1.165) is 5.56 Å². The molecule has 0 unspecified atom stereocenters. The molecule has 0 saturated carbocycles. The number of nitrogens with zero attached hydrogens (tertiary/aromatic N) is 1. The van der Waals surface area contributed by atoms with E-state index in [1.807, 2.05) is 19.9 Å². The summed E-state index contributed by atoms with van der Waals surface area (Å²) in [6, 6.07) is 13.3. The van der Waals surface area contributed by atoms with Crippen LogP contribution in [0.4, 0.5) is 10.5 Å². The molecule has 0 aliphatic rings. The third-order valence-electron chi connectivity index (χ3n) is 3.79. The Morgan fingerprint density at radius 3 is 2.52 bits per heavy atom. The van der Waals surface area contributed by atoms with Crippen molar-refractivity contribution in [2.24, 2.45) is 0 Å². The highest BCUT2D eigenvalue weighted by Crippen LogP contribution is 2.20. The molecule has 0 bridgehead atoms. The van der Waals surface area contributed by atoms with Crippen molar-refractivity contribution < 1.29 is 17.4 Å². The lowest BCUT2D eigenvalue weighted by Crippen LogP contribution is -2.39. The van der Waals surface area contributed by atoms with E-state index in [1.165, 1.54) is 6.92 Å². The number of carbonyl (C=O) groups is 1. The molecule has 6 nitrogen and oxygen atoms in total. The summed E-state index contributed by atoms with van der Waals surface area (Å²) in [4.78, 5) is 14.3. The van der Waals surface area contributed by atoms with Crippen LogP contribution in [-0.4, -0.2) is 31.1 Å². The lowest BCUT2D eigenvalue weighted by Gasteiger charge is -2.27. The first-order chi connectivity index (χ1) is 12.7. The summed E-state index contributed by atoms with van der Waals surface area (Å²) in [5.74, 6) is 0.116. The molecule has 0 saturated heterocycles. The molecule has 2 amide bonds. The molecule has 1 N–H and O–H groups in total. The smallest absolute Gasteiger partial charge is 0.322 e. The number of amides is 2. The van der Waals surface area contributed by atoms with Crippen molar-refractivity contribution in [3.8, 4) is 5.75 Å². The van der Waals surface area contributed by atoms with Gasteiger partial charge in [0, 0.05) is 23.3 Å². The van der Waals surface area contributed by atoms with Crippen LogP contribution >= 0.6 is 11.6 Å². The molecule has 2 aromatic carbocycles. The van der Waals surface area contributed by atoms with Gasteiger partial charge >= 0.3 is 16.1 Å². The summed E-state index contributed by atoms with van der Waals surface area (Å²) < 4.78 is 28.3. The minimum absolute atomic E-state index is 0.0758. The van der Waals surface area contributed by atoms with E-state index in [0.29, 0.717) is 17.3 Å². The van der Waals surface area contributed by atoms with E-state index in [2.05, 4.69) is 5.32 Å². The first kappa shape index (κ1) is 21.1. The number of hydrogen-bond donors (Lipinski definition) is 1. The van der Waals surface area contributed by atoms with E-state index < -0.39 is 10.1 Å². The second-order valence-electron chi connectivity index (χ2n) is 6.24. The van der Waals surface area contributed by atoms with Gasteiger partial charge in [0.2, 0.25) is 0 Å². The van der Waals surface area contributed by atoms with Gasteiger partial charge in [-0.05, 0) is 56.7 Å². The van der Waals surface area contributed by atoms with Gasteiger partial charge in [0.1, 0.15) is 5.75 Å². The number of hydrogen-bond acceptors (Lipinski definition) is 4. The summed E-state index contributed by atoms with van der Waals surface area (Å²) in [7, 11) is -3.60. The van der Waals surface area contributed by atoms with Crippen molar-refractivity contribution >= 4 is 33.4 Å². The Labute approximate surface area is 165 Å². The van der Waals surface area contributed by atoms with E-state index in [4.69, 9.17) is 15.8 Å². The molecule has 2 aromatic rings. The van der Waals surface area contributed by atoms with Crippen LogP contribution in [0.2, 0.25) is 5.02 Å². The fourth-order valence-electron chi connectivity index (χ4n) is 2.35. The average molecular weight is 411 g/mol. The van der Waals surface area contributed by atoms with E-state index in [1.54, 1.807) is 47.4 Å². The number of nitrogens with one attached hydrogen (secondary N) is 1. The van der Waals surface area contributed by atoms with Gasteiger partial charge in [-0.25, -0.2) is 4.79 Å². The maximum atomic E-state index is 12.7. The maximum Gasteiger partial charge on any atom is 0.322 e. The highest BCUT2D eigenvalue weighted by molar-refractivity contribution is 7.87. The molecule has 0 aromatic heterocycles. The van der Waals surface area contributed by atoms with Crippen LogP contribution in [0.15, 0.2) is 48.5 Å². The minimum atomic E-state index is -3.60. The Hall–Kier alpha value is -2.25. The zero-order valence-corrected chi connectivity index (χ0v) is 17.0. The lowest BCUT2D eigenvalue weighted by atomic mass is 10.2. The zero-order chi connectivity index (χ0) is 20.0. The minimum Gasteiger partial charge on any atom is -0.382 e. The topological polar surface area (TPSA) is 75.7 Å². The van der Waals surface area contributed by atoms with Crippen molar-refractivity contribution in [1.82, 2.24) is 4.90 Å². The molecular weight excluding hydrogens is 388 g/mol. The molecule has 27 heavy (non-hydrogen) atoms. The number of urea groups is 1. The summed E-state index contributed by atoms with van der Waals surface area (Å²) in [5, 5.41) is 3.36. The number of carbonyl (C=O) groups excluding carboxylic acids is 1. The number of anilines is 1. The van der Waals surface area contributed by atoms with Gasteiger partial charge in [-0.1, -0.05) is 29.8 Å². The largest absolute Gasteiger partial charge is 0.382 e. The first-order valence-electron chi connectivity index (χ1n) is 8.54.